The first-order valence-electron chi connectivity index (χ1n) is 13.3. The van der Waals surface area contributed by atoms with Crippen molar-refractivity contribution in [3.63, 3.8) is 0 Å². The van der Waals surface area contributed by atoms with Crippen LogP contribution in [0.2, 0.25) is 0 Å². The van der Waals surface area contributed by atoms with Gasteiger partial charge < -0.3 is 4.74 Å². The first-order chi connectivity index (χ1) is 16.1. The Hall–Kier alpha value is -1.97. The van der Waals surface area contributed by atoms with Crippen LogP contribution in [-0.4, -0.2) is 22.7 Å². The highest BCUT2D eigenvalue weighted by molar-refractivity contribution is 5.55. The predicted molar refractivity (Wildman–Crippen MR) is 137 cm³/mol. The third kappa shape index (κ3) is 11.1. The van der Waals surface area contributed by atoms with Crippen LogP contribution in [0.1, 0.15) is 103 Å². The zero-order chi connectivity index (χ0) is 23.7. The number of hydrogen-bond acceptors (Lipinski definition) is 3. The molecule has 1 heterocycles. The largest absolute Gasteiger partial charge is 0.490 e. The van der Waals surface area contributed by atoms with Gasteiger partial charge in [-0.2, -0.15) is 0 Å². The smallest absolute Gasteiger partial charge is 0.159 e. The molecule has 3 nitrogen and oxygen atoms in total. The fourth-order valence-electron chi connectivity index (χ4n) is 4.12. The quantitative estimate of drug-likeness (QED) is 0.210. The lowest BCUT2D eigenvalue weighted by molar-refractivity contribution is 0.176. The van der Waals surface area contributed by atoms with E-state index >= 15 is 0 Å². The van der Waals surface area contributed by atoms with Gasteiger partial charge in [0.2, 0.25) is 0 Å². The Balaban J connectivity index is 1.69. The molecule has 0 saturated carbocycles. The highest BCUT2D eigenvalue weighted by atomic mass is 19.1. The van der Waals surface area contributed by atoms with Gasteiger partial charge >= 0.3 is 0 Å². The Kier molecular flexibility index (Phi) is 13.7. The van der Waals surface area contributed by atoms with E-state index in [0.29, 0.717) is 24.6 Å². The monoisotopic (exact) mass is 456 g/mol. The standard InChI is InChI=1S/C29H45FN2O/c1-4-6-8-9-10-11-13-15-25-16-18-26(19-17-25)29-31-22-27(23-32-29)33-21-20-28(30)24(3)14-12-7-5-2/h16-19,22-24,28H,4-15,20-21H2,1-3H3. The highest BCUT2D eigenvalue weighted by Crippen LogP contribution is 2.21. The third-order valence-electron chi connectivity index (χ3n) is 6.45. The Morgan fingerprint density at radius 2 is 1.39 bits per heavy atom. The molecule has 4 heteroatoms. The Morgan fingerprint density at radius 3 is 2.06 bits per heavy atom. The second kappa shape index (κ2) is 16.6. The zero-order valence-corrected chi connectivity index (χ0v) is 21.2. The lowest BCUT2D eigenvalue weighted by atomic mass is 9.97. The average molecular weight is 457 g/mol. The SMILES string of the molecule is CCCCCCCCCc1ccc(-c2ncc(OCCC(F)C(C)CCCCC)cn2)cc1. The molecule has 1 aromatic heterocycles. The summed E-state index contributed by atoms with van der Waals surface area (Å²) < 4.78 is 20.0. The number of nitrogens with zero attached hydrogens (tertiary/aromatic N) is 2. The van der Waals surface area contributed by atoms with E-state index in [9.17, 15) is 4.39 Å². The second-order valence-electron chi connectivity index (χ2n) is 9.44. The van der Waals surface area contributed by atoms with Crippen molar-refractivity contribution >= 4 is 0 Å². The van der Waals surface area contributed by atoms with Gasteiger partial charge in [-0.3, -0.25) is 0 Å². The molecule has 0 saturated heterocycles. The topological polar surface area (TPSA) is 35.0 Å². The van der Waals surface area contributed by atoms with Gasteiger partial charge in [-0.1, -0.05) is 103 Å². The molecule has 0 spiro atoms. The summed E-state index contributed by atoms with van der Waals surface area (Å²) in [6, 6.07) is 8.56. The van der Waals surface area contributed by atoms with Crippen molar-refractivity contribution < 1.29 is 9.13 Å². The molecule has 0 radical (unpaired) electrons. The molecular formula is C29H45FN2O. The van der Waals surface area contributed by atoms with Gasteiger partial charge in [0.1, 0.15) is 6.17 Å². The van der Waals surface area contributed by atoms with Gasteiger partial charge in [-0.05, 0) is 30.7 Å². The lowest BCUT2D eigenvalue weighted by Gasteiger charge is -2.16. The van der Waals surface area contributed by atoms with Gasteiger partial charge in [0, 0.05) is 12.0 Å². The Bertz CT molecular complexity index is 732. The summed E-state index contributed by atoms with van der Waals surface area (Å²) in [5, 5.41) is 0. The van der Waals surface area contributed by atoms with Gasteiger partial charge in [0.25, 0.3) is 0 Å². The fourth-order valence-corrected chi connectivity index (χ4v) is 4.12. The van der Waals surface area contributed by atoms with E-state index in [1.807, 2.05) is 6.92 Å². The summed E-state index contributed by atoms with van der Waals surface area (Å²) in [6.45, 7) is 6.79. The van der Waals surface area contributed by atoms with E-state index in [-0.39, 0.29) is 5.92 Å². The van der Waals surface area contributed by atoms with Gasteiger partial charge in [-0.25, -0.2) is 14.4 Å². The summed E-state index contributed by atoms with van der Waals surface area (Å²) in [5.41, 5.74) is 2.38. The maximum atomic E-state index is 14.3. The second-order valence-corrected chi connectivity index (χ2v) is 9.44. The number of hydrogen-bond donors (Lipinski definition) is 0. The normalized spacial score (nSPS) is 13.1. The van der Waals surface area contributed by atoms with Gasteiger partial charge in [-0.15, -0.1) is 0 Å². The van der Waals surface area contributed by atoms with Gasteiger partial charge in [0.05, 0.1) is 19.0 Å². The molecule has 0 N–H and O–H groups in total. The third-order valence-corrected chi connectivity index (χ3v) is 6.45. The summed E-state index contributed by atoms with van der Waals surface area (Å²) >= 11 is 0. The molecule has 2 rings (SSSR count). The predicted octanol–water partition coefficient (Wildman–Crippen LogP) is 8.76. The van der Waals surface area contributed by atoms with E-state index in [2.05, 4.69) is 48.1 Å². The van der Waals surface area contributed by atoms with Crippen LogP contribution in [0.3, 0.4) is 0 Å². The molecule has 2 unspecified atom stereocenters. The highest BCUT2D eigenvalue weighted by Gasteiger charge is 2.16. The number of alkyl halides is 1. The average Bonchev–Trinajstić information content (AvgIpc) is 2.84. The van der Waals surface area contributed by atoms with Crippen LogP contribution in [0.4, 0.5) is 4.39 Å². The minimum atomic E-state index is -0.818. The van der Waals surface area contributed by atoms with Crippen molar-refractivity contribution in [1.29, 1.82) is 0 Å². The lowest BCUT2D eigenvalue weighted by Crippen LogP contribution is -2.16. The molecule has 1 aromatic carbocycles. The minimum absolute atomic E-state index is 0.0903. The zero-order valence-electron chi connectivity index (χ0n) is 21.2. The first-order valence-corrected chi connectivity index (χ1v) is 13.3. The van der Waals surface area contributed by atoms with E-state index in [0.717, 1.165) is 24.8 Å². The molecule has 0 amide bonds. The van der Waals surface area contributed by atoms with Crippen molar-refractivity contribution in [2.75, 3.05) is 6.61 Å². The molecule has 0 aliphatic rings. The van der Waals surface area contributed by atoms with E-state index in [1.54, 1.807) is 12.4 Å². The van der Waals surface area contributed by atoms with Crippen molar-refractivity contribution in [3.05, 3.63) is 42.2 Å². The molecule has 0 bridgehead atoms. The first kappa shape index (κ1) is 27.3. The fraction of sp³-hybridized carbons (Fsp3) is 0.655. The molecular weight excluding hydrogens is 411 g/mol. The van der Waals surface area contributed by atoms with Crippen LogP contribution in [-0.2, 0) is 6.42 Å². The maximum Gasteiger partial charge on any atom is 0.159 e. The molecule has 0 aliphatic heterocycles. The van der Waals surface area contributed by atoms with Crippen LogP contribution < -0.4 is 4.74 Å². The number of rotatable bonds is 18. The van der Waals surface area contributed by atoms with Crippen molar-refractivity contribution in [2.45, 2.75) is 110 Å². The Morgan fingerprint density at radius 1 is 0.788 bits per heavy atom. The van der Waals surface area contributed by atoms with Crippen LogP contribution in [0.15, 0.2) is 36.7 Å². The Labute approximate surface area is 201 Å². The number of halogens is 1. The molecule has 2 aromatic rings. The number of aryl methyl sites for hydroxylation is 1. The minimum Gasteiger partial charge on any atom is -0.490 e. The van der Waals surface area contributed by atoms with Gasteiger partial charge in [0.15, 0.2) is 11.6 Å². The van der Waals surface area contributed by atoms with Crippen LogP contribution in [0.5, 0.6) is 5.75 Å². The number of aromatic nitrogens is 2. The van der Waals surface area contributed by atoms with Crippen LogP contribution in [0.25, 0.3) is 11.4 Å². The summed E-state index contributed by atoms with van der Waals surface area (Å²) in [7, 11) is 0. The number of unbranched alkanes of at least 4 members (excludes halogenated alkanes) is 8. The number of ether oxygens (including phenoxy) is 1. The van der Waals surface area contributed by atoms with E-state index in [4.69, 9.17) is 4.74 Å². The molecule has 0 aliphatic carbocycles. The van der Waals surface area contributed by atoms with E-state index in [1.165, 1.54) is 63.4 Å². The van der Waals surface area contributed by atoms with Crippen LogP contribution in [0, 0.1) is 5.92 Å². The van der Waals surface area contributed by atoms with Crippen molar-refractivity contribution in [2.24, 2.45) is 5.92 Å². The van der Waals surface area contributed by atoms with E-state index < -0.39 is 6.17 Å². The molecule has 33 heavy (non-hydrogen) atoms. The van der Waals surface area contributed by atoms with Crippen molar-refractivity contribution in [3.8, 4) is 17.1 Å². The molecule has 2 atom stereocenters. The number of benzene rings is 1. The molecule has 0 fully saturated rings. The maximum absolute atomic E-state index is 14.3. The molecule has 184 valence electrons. The summed E-state index contributed by atoms with van der Waals surface area (Å²) in [4.78, 5) is 8.88. The summed E-state index contributed by atoms with van der Waals surface area (Å²) in [6.07, 6.45) is 17.9. The van der Waals surface area contributed by atoms with Crippen molar-refractivity contribution in [1.82, 2.24) is 9.97 Å². The van der Waals surface area contributed by atoms with Crippen LogP contribution >= 0.6 is 0 Å². The summed E-state index contributed by atoms with van der Waals surface area (Å²) in [5.74, 6) is 1.38.